The lowest BCUT2D eigenvalue weighted by Crippen LogP contribution is -2.59. The van der Waals surface area contributed by atoms with Crippen LogP contribution < -0.4 is 21.7 Å². The number of rotatable bonds is 10. The van der Waals surface area contributed by atoms with E-state index in [2.05, 4.69) is 28.6 Å². The summed E-state index contributed by atoms with van der Waals surface area (Å²) in [6.45, 7) is 4.07. The van der Waals surface area contributed by atoms with Gasteiger partial charge in [0, 0.05) is 5.75 Å². The number of aliphatic hydroxyl groups is 1. The minimum Gasteiger partial charge on any atom is -0.480 e. The summed E-state index contributed by atoms with van der Waals surface area (Å²) in [5, 5.41) is 24.7. The molecule has 0 aliphatic rings. The number of aliphatic carboxylic acids is 1. The third-order valence-electron chi connectivity index (χ3n) is 3.27. The molecule has 0 aliphatic carbocycles. The van der Waals surface area contributed by atoms with E-state index in [4.69, 9.17) is 15.9 Å². The van der Waals surface area contributed by atoms with Crippen LogP contribution in [0.2, 0.25) is 0 Å². The Bertz CT molecular complexity index is 500. The molecular formula is C14H26N4O6S. The molecule has 0 bridgehead atoms. The summed E-state index contributed by atoms with van der Waals surface area (Å²) in [5.74, 6) is -3.77. The highest BCUT2D eigenvalue weighted by molar-refractivity contribution is 7.80. The van der Waals surface area contributed by atoms with Crippen LogP contribution in [0.25, 0.3) is 0 Å². The Morgan fingerprint density at radius 3 is 1.84 bits per heavy atom. The fraction of sp³-hybridized carbons (Fsp3) is 0.714. The van der Waals surface area contributed by atoms with Crippen molar-refractivity contribution < 1.29 is 29.4 Å². The molecule has 0 rings (SSSR count). The summed E-state index contributed by atoms with van der Waals surface area (Å²) in [5.41, 5.74) is 5.46. The van der Waals surface area contributed by atoms with Crippen LogP contribution in [0.1, 0.15) is 20.8 Å². The number of nitrogens with two attached hydrogens (primary N) is 1. The predicted molar refractivity (Wildman–Crippen MR) is 92.9 cm³/mol. The van der Waals surface area contributed by atoms with E-state index in [1.165, 1.54) is 6.92 Å². The highest BCUT2D eigenvalue weighted by Crippen LogP contribution is 2.04. The summed E-state index contributed by atoms with van der Waals surface area (Å²) in [7, 11) is 0. The molecule has 144 valence electrons. The number of hydrogen-bond donors (Lipinski definition) is 7. The summed E-state index contributed by atoms with van der Waals surface area (Å²) >= 11 is 3.96. The molecule has 0 aliphatic heterocycles. The predicted octanol–water partition coefficient (Wildman–Crippen LogP) is -2.55. The van der Waals surface area contributed by atoms with Crippen LogP contribution in [0.5, 0.6) is 0 Å². The number of nitrogens with one attached hydrogen (secondary N) is 3. The van der Waals surface area contributed by atoms with Crippen LogP contribution in [0.15, 0.2) is 0 Å². The minimum absolute atomic E-state index is 0.110. The molecule has 25 heavy (non-hydrogen) atoms. The SMILES string of the molecule is CC(N)C(=O)NC(C(=O)NC(CS)C(=O)NC(CO)C(=O)O)C(C)C. The Hall–Kier alpha value is -1.85. The summed E-state index contributed by atoms with van der Waals surface area (Å²) in [6, 6.07) is -4.37. The van der Waals surface area contributed by atoms with Crippen LogP contribution in [-0.4, -0.2) is 70.4 Å². The molecular weight excluding hydrogens is 352 g/mol. The zero-order valence-corrected chi connectivity index (χ0v) is 15.2. The van der Waals surface area contributed by atoms with Crippen molar-refractivity contribution in [1.82, 2.24) is 16.0 Å². The number of carbonyl (C=O) groups is 4. The Balaban J connectivity index is 5.01. The number of hydrogen-bond acceptors (Lipinski definition) is 7. The maximum Gasteiger partial charge on any atom is 0.328 e. The van der Waals surface area contributed by atoms with Gasteiger partial charge in [-0.2, -0.15) is 12.6 Å². The molecule has 0 aromatic carbocycles. The Labute approximate surface area is 151 Å². The maximum absolute atomic E-state index is 12.4. The number of carboxylic acid groups (broad SMARTS) is 1. The Morgan fingerprint density at radius 2 is 1.48 bits per heavy atom. The first-order valence-corrected chi connectivity index (χ1v) is 8.29. The van der Waals surface area contributed by atoms with Crippen LogP contribution in [0.3, 0.4) is 0 Å². The van der Waals surface area contributed by atoms with E-state index in [9.17, 15) is 19.2 Å². The number of carboxylic acids is 1. The number of carbonyl (C=O) groups excluding carboxylic acids is 3. The zero-order chi connectivity index (χ0) is 19.7. The van der Waals surface area contributed by atoms with Gasteiger partial charge >= 0.3 is 5.97 Å². The molecule has 0 fully saturated rings. The molecule has 0 aromatic heterocycles. The Morgan fingerprint density at radius 1 is 0.960 bits per heavy atom. The van der Waals surface area contributed by atoms with Gasteiger partial charge in [-0.15, -0.1) is 0 Å². The van der Waals surface area contributed by atoms with Crippen molar-refractivity contribution in [1.29, 1.82) is 0 Å². The first-order chi connectivity index (χ1) is 11.5. The quantitative estimate of drug-likeness (QED) is 0.205. The molecule has 0 spiro atoms. The first kappa shape index (κ1) is 23.1. The smallest absolute Gasteiger partial charge is 0.328 e. The third kappa shape index (κ3) is 7.71. The van der Waals surface area contributed by atoms with Gasteiger partial charge in [-0.1, -0.05) is 13.8 Å². The van der Waals surface area contributed by atoms with Crippen molar-refractivity contribution in [2.24, 2.45) is 11.7 Å². The van der Waals surface area contributed by atoms with Crippen molar-refractivity contribution in [3.8, 4) is 0 Å². The maximum atomic E-state index is 12.4. The number of thiol groups is 1. The molecule has 7 N–H and O–H groups in total. The standard InChI is InChI=1S/C14H26N4O6S/c1-6(2)10(18-11(20)7(3)15)13(22)17-9(5-25)12(21)16-8(4-19)14(23)24/h6-10,19,25H,4-5,15H2,1-3H3,(H,16,21)(H,17,22)(H,18,20)(H,23,24). The van der Waals surface area contributed by atoms with E-state index in [1.54, 1.807) is 13.8 Å². The molecule has 0 saturated heterocycles. The third-order valence-corrected chi connectivity index (χ3v) is 3.64. The lowest BCUT2D eigenvalue weighted by atomic mass is 10.0. The summed E-state index contributed by atoms with van der Waals surface area (Å²) < 4.78 is 0. The largest absolute Gasteiger partial charge is 0.480 e. The van der Waals surface area contributed by atoms with Crippen molar-refractivity contribution >= 4 is 36.3 Å². The van der Waals surface area contributed by atoms with Gasteiger partial charge in [-0.25, -0.2) is 4.79 Å². The second-order valence-electron chi connectivity index (χ2n) is 5.84. The Kier molecular flexibility index (Phi) is 10.1. The van der Waals surface area contributed by atoms with Gasteiger partial charge in [-0.3, -0.25) is 14.4 Å². The van der Waals surface area contributed by atoms with Crippen molar-refractivity contribution in [3.05, 3.63) is 0 Å². The second kappa shape index (κ2) is 10.9. The first-order valence-electron chi connectivity index (χ1n) is 7.66. The van der Waals surface area contributed by atoms with Gasteiger partial charge in [-0.05, 0) is 12.8 Å². The van der Waals surface area contributed by atoms with Crippen LogP contribution >= 0.6 is 12.6 Å². The van der Waals surface area contributed by atoms with E-state index in [0.717, 1.165) is 0 Å². The fourth-order valence-electron chi connectivity index (χ4n) is 1.73. The van der Waals surface area contributed by atoms with Gasteiger partial charge in [0.15, 0.2) is 0 Å². The highest BCUT2D eigenvalue weighted by Gasteiger charge is 2.30. The topological polar surface area (TPSA) is 171 Å². The molecule has 0 radical (unpaired) electrons. The van der Waals surface area contributed by atoms with Gasteiger partial charge in [0.25, 0.3) is 0 Å². The van der Waals surface area contributed by atoms with Gasteiger partial charge < -0.3 is 31.9 Å². The summed E-state index contributed by atoms with van der Waals surface area (Å²) in [4.78, 5) is 47.0. The molecule has 10 nitrogen and oxygen atoms in total. The lowest BCUT2D eigenvalue weighted by Gasteiger charge is -2.25. The second-order valence-corrected chi connectivity index (χ2v) is 6.21. The van der Waals surface area contributed by atoms with Gasteiger partial charge in [0.05, 0.1) is 12.6 Å². The monoisotopic (exact) mass is 378 g/mol. The van der Waals surface area contributed by atoms with E-state index in [1.807, 2.05) is 0 Å². The highest BCUT2D eigenvalue weighted by atomic mass is 32.1. The molecule has 4 atom stereocenters. The number of aliphatic hydroxyl groups excluding tert-OH is 1. The van der Waals surface area contributed by atoms with E-state index < -0.39 is 54.5 Å². The molecule has 0 saturated carbocycles. The molecule has 3 amide bonds. The fourth-order valence-corrected chi connectivity index (χ4v) is 1.99. The molecule has 11 heteroatoms. The van der Waals surface area contributed by atoms with E-state index in [0.29, 0.717) is 0 Å². The summed E-state index contributed by atoms with van der Waals surface area (Å²) in [6.07, 6.45) is 0. The van der Waals surface area contributed by atoms with Crippen LogP contribution in [-0.2, 0) is 19.2 Å². The molecule has 0 aromatic rings. The van der Waals surface area contributed by atoms with Gasteiger partial charge in [0.2, 0.25) is 17.7 Å². The lowest BCUT2D eigenvalue weighted by molar-refractivity contribution is -0.143. The average molecular weight is 378 g/mol. The zero-order valence-electron chi connectivity index (χ0n) is 14.4. The molecule has 4 unspecified atom stereocenters. The van der Waals surface area contributed by atoms with E-state index >= 15 is 0 Å². The number of amides is 3. The normalized spacial score (nSPS) is 15.6. The minimum atomic E-state index is -1.49. The van der Waals surface area contributed by atoms with Crippen LogP contribution in [0.4, 0.5) is 0 Å². The van der Waals surface area contributed by atoms with Gasteiger partial charge in [0.1, 0.15) is 18.1 Å². The molecule has 0 heterocycles. The average Bonchev–Trinajstić information content (AvgIpc) is 2.53. The van der Waals surface area contributed by atoms with E-state index in [-0.39, 0.29) is 11.7 Å². The van der Waals surface area contributed by atoms with Crippen molar-refractivity contribution in [2.45, 2.75) is 44.9 Å². The van der Waals surface area contributed by atoms with Crippen LogP contribution in [0, 0.1) is 5.92 Å². The van der Waals surface area contributed by atoms with Crippen molar-refractivity contribution in [2.75, 3.05) is 12.4 Å². The van der Waals surface area contributed by atoms with Crippen molar-refractivity contribution in [3.63, 3.8) is 0 Å².